The van der Waals surface area contributed by atoms with Gasteiger partial charge in [0.15, 0.2) is 0 Å². The second kappa shape index (κ2) is 8.03. The Morgan fingerprint density at radius 3 is 2.41 bits per heavy atom. The lowest BCUT2D eigenvalue weighted by Gasteiger charge is -2.38. The summed E-state index contributed by atoms with van der Waals surface area (Å²) in [4.78, 5) is 28.7. The van der Waals surface area contributed by atoms with Crippen molar-refractivity contribution in [1.82, 2.24) is 4.90 Å². The Balaban J connectivity index is 2.03. The van der Waals surface area contributed by atoms with Gasteiger partial charge < -0.3 is 10.0 Å². The highest BCUT2D eigenvalue weighted by Gasteiger charge is 2.57. The highest BCUT2D eigenvalue weighted by molar-refractivity contribution is 6.23. The average Bonchev–Trinajstić information content (AvgIpc) is 2.89. The molecular weight excluding hydrogens is 387 g/mol. The first-order valence-corrected chi connectivity index (χ1v) is 9.64. The largest absolute Gasteiger partial charge is 0.417 e. The van der Waals surface area contributed by atoms with E-state index in [-0.39, 0.29) is 18.8 Å². The molecular formula is C20H22F3N3O3. The van der Waals surface area contributed by atoms with Gasteiger partial charge in [0, 0.05) is 13.2 Å². The maximum atomic E-state index is 13.4. The van der Waals surface area contributed by atoms with E-state index >= 15 is 0 Å². The highest BCUT2D eigenvalue weighted by atomic mass is 19.4. The monoisotopic (exact) mass is 409 g/mol. The van der Waals surface area contributed by atoms with Crippen LogP contribution in [0.15, 0.2) is 18.2 Å². The molecule has 29 heavy (non-hydrogen) atoms. The summed E-state index contributed by atoms with van der Waals surface area (Å²) in [6, 6.07) is 3.74. The summed E-state index contributed by atoms with van der Waals surface area (Å²) in [5.74, 6) is -0.510. The zero-order valence-corrected chi connectivity index (χ0v) is 15.8. The van der Waals surface area contributed by atoms with Crippen LogP contribution in [-0.2, 0) is 11.0 Å². The van der Waals surface area contributed by atoms with Gasteiger partial charge in [-0.1, -0.05) is 19.3 Å². The van der Waals surface area contributed by atoms with Crippen molar-refractivity contribution in [2.75, 3.05) is 18.1 Å². The third-order valence-corrected chi connectivity index (χ3v) is 5.70. The number of unbranched alkanes of at least 4 members (excludes halogenated alkanes) is 1. The molecule has 1 saturated carbocycles. The van der Waals surface area contributed by atoms with Crippen molar-refractivity contribution in [1.29, 1.82) is 5.26 Å². The fourth-order valence-electron chi connectivity index (χ4n) is 4.26. The number of imide groups is 1. The number of carbonyl (C=O) groups is 2. The molecule has 156 valence electrons. The van der Waals surface area contributed by atoms with E-state index in [0.29, 0.717) is 31.7 Å². The molecule has 0 atom stereocenters. The van der Waals surface area contributed by atoms with Crippen molar-refractivity contribution in [2.24, 2.45) is 0 Å². The molecule has 1 N–H and O–H groups in total. The zero-order valence-electron chi connectivity index (χ0n) is 15.8. The number of urea groups is 1. The lowest BCUT2D eigenvalue weighted by Crippen LogP contribution is -2.51. The standard InChI is InChI=1S/C20H22F3N3O3/c21-20(22,23)16-12-15(7-6-14(16)13-24)26-17(28)19(8-2-1-3-9-19)25(18(26)29)10-4-5-11-27/h6-7,12,27H,1-5,8-11H2. The van der Waals surface area contributed by atoms with Crippen molar-refractivity contribution in [3.05, 3.63) is 29.3 Å². The summed E-state index contributed by atoms with van der Waals surface area (Å²) < 4.78 is 40.1. The maximum Gasteiger partial charge on any atom is 0.417 e. The SMILES string of the molecule is N#Cc1ccc(N2C(=O)N(CCCCO)C3(CCCCC3)C2=O)cc1C(F)(F)F. The van der Waals surface area contributed by atoms with Crippen molar-refractivity contribution in [2.45, 2.75) is 56.7 Å². The quantitative estimate of drug-likeness (QED) is 0.592. The highest BCUT2D eigenvalue weighted by Crippen LogP contribution is 2.43. The molecule has 0 aromatic heterocycles. The second-order valence-corrected chi connectivity index (χ2v) is 7.44. The van der Waals surface area contributed by atoms with E-state index in [1.165, 1.54) is 17.0 Å². The first kappa shape index (κ1) is 21.1. The van der Waals surface area contributed by atoms with E-state index in [2.05, 4.69) is 0 Å². The number of benzene rings is 1. The lowest BCUT2D eigenvalue weighted by atomic mass is 9.80. The number of halogens is 3. The number of amides is 3. The molecule has 3 rings (SSSR count). The molecule has 1 heterocycles. The summed E-state index contributed by atoms with van der Waals surface area (Å²) in [5, 5.41) is 18.0. The van der Waals surface area contributed by atoms with Crippen LogP contribution in [0.3, 0.4) is 0 Å². The molecule has 0 unspecified atom stereocenters. The van der Waals surface area contributed by atoms with Crippen LogP contribution in [-0.4, -0.2) is 40.6 Å². The van der Waals surface area contributed by atoms with Crippen LogP contribution >= 0.6 is 0 Å². The molecule has 2 aliphatic rings. The van der Waals surface area contributed by atoms with Crippen LogP contribution in [0, 0.1) is 11.3 Å². The van der Waals surface area contributed by atoms with Crippen LogP contribution in [0.25, 0.3) is 0 Å². The van der Waals surface area contributed by atoms with Crippen LogP contribution in [0.2, 0.25) is 0 Å². The number of carbonyl (C=O) groups excluding carboxylic acids is 2. The summed E-state index contributed by atoms with van der Waals surface area (Å²) in [7, 11) is 0. The Labute approximate surface area is 166 Å². The first-order valence-electron chi connectivity index (χ1n) is 9.64. The van der Waals surface area contributed by atoms with Gasteiger partial charge in [-0.15, -0.1) is 0 Å². The normalized spacial score (nSPS) is 19.1. The van der Waals surface area contributed by atoms with Crippen molar-refractivity contribution in [3.8, 4) is 6.07 Å². The minimum Gasteiger partial charge on any atom is -0.396 e. The van der Waals surface area contributed by atoms with Gasteiger partial charge in [-0.05, 0) is 43.9 Å². The topological polar surface area (TPSA) is 84.6 Å². The predicted octanol–water partition coefficient (Wildman–Crippen LogP) is 3.82. The first-order chi connectivity index (χ1) is 13.8. The number of hydrogen-bond donors (Lipinski definition) is 1. The van der Waals surface area contributed by atoms with E-state index in [9.17, 15) is 22.8 Å². The minimum absolute atomic E-state index is 0.0444. The Morgan fingerprint density at radius 2 is 1.83 bits per heavy atom. The molecule has 6 nitrogen and oxygen atoms in total. The van der Waals surface area contributed by atoms with Gasteiger partial charge in [-0.3, -0.25) is 4.79 Å². The van der Waals surface area contributed by atoms with Crippen molar-refractivity contribution >= 4 is 17.6 Å². The molecule has 2 fully saturated rings. The number of aliphatic hydroxyl groups excluding tert-OH is 1. The third-order valence-electron chi connectivity index (χ3n) is 5.70. The number of aliphatic hydroxyl groups is 1. The van der Waals surface area contributed by atoms with Crippen LogP contribution in [0.4, 0.5) is 23.7 Å². The van der Waals surface area contributed by atoms with E-state index in [4.69, 9.17) is 10.4 Å². The molecule has 9 heteroatoms. The van der Waals surface area contributed by atoms with E-state index < -0.39 is 34.8 Å². The molecule has 1 aliphatic carbocycles. The second-order valence-electron chi connectivity index (χ2n) is 7.44. The lowest BCUT2D eigenvalue weighted by molar-refractivity contribution is -0.137. The number of hydrogen-bond acceptors (Lipinski definition) is 4. The Hall–Kier alpha value is -2.60. The molecule has 1 aromatic rings. The van der Waals surface area contributed by atoms with Crippen LogP contribution in [0.1, 0.15) is 56.1 Å². The zero-order chi connectivity index (χ0) is 21.2. The van der Waals surface area contributed by atoms with Crippen molar-refractivity contribution < 1.29 is 27.9 Å². The molecule has 0 radical (unpaired) electrons. The van der Waals surface area contributed by atoms with Crippen LogP contribution < -0.4 is 4.90 Å². The van der Waals surface area contributed by atoms with Crippen molar-refractivity contribution in [3.63, 3.8) is 0 Å². The number of nitriles is 1. The van der Waals surface area contributed by atoms with Gasteiger partial charge in [0.05, 0.1) is 22.9 Å². The van der Waals surface area contributed by atoms with Gasteiger partial charge >= 0.3 is 12.2 Å². The van der Waals surface area contributed by atoms with Gasteiger partial charge in [0.2, 0.25) is 0 Å². The smallest absolute Gasteiger partial charge is 0.396 e. The molecule has 1 aliphatic heterocycles. The predicted molar refractivity (Wildman–Crippen MR) is 97.9 cm³/mol. The third kappa shape index (κ3) is 3.69. The Morgan fingerprint density at radius 1 is 1.14 bits per heavy atom. The molecule has 1 aromatic carbocycles. The van der Waals surface area contributed by atoms with E-state index in [1.807, 2.05) is 0 Å². The van der Waals surface area contributed by atoms with Gasteiger partial charge in [0.25, 0.3) is 5.91 Å². The fourth-order valence-corrected chi connectivity index (χ4v) is 4.26. The summed E-state index contributed by atoms with van der Waals surface area (Å²) in [6.07, 6.45) is -0.450. The van der Waals surface area contributed by atoms with Crippen LogP contribution in [0.5, 0.6) is 0 Å². The molecule has 1 spiro atoms. The number of rotatable bonds is 5. The van der Waals surface area contributed by atoms with Gasteiger partial charge in [0.1, 0.15) is 5.54 Å². The number of alkyl halides is 3. The van der Waals surface area contributed by atoms with Gasteiger partial charge in [-0.25, -0.2) is 9.69 Å². The summed E-state index contributed by atoms with van der Waals surface area (Å²) in [5.41, 5.74) is -2.96. The van der Waals surface area contributed by atoms with E-state index in [0.717, 1.165) is 30.2 Å². The van der Waals surface area contributed by atoms with Gasteiger partial charge in [-0.2, -0.15) is 18.4 Å². The maximum absolute atomic E-state index is 13.4. The number of anilines is 1. The minimum atomic E-state index is -4.78. The summed E-state index contributed by atoms with van der Waals surface area (Å²) >= 11 is 0. The molecule has 1 saturated heterocycles. The Bertz CT molecular complexity index is 842. The molecule has 3 amide bonds. The average molecular weight is 409 g/mol. The summed E-state index contributed by atoms with van der Waals surface area (Å²) in [6.45, 7) is 0.210. The van der Waals surface area contributed by atoms with E-state index in [1.54, 1.807) is 0 Å². The molecule has 0 bridgehead atoms. The number of nitrogens with zero attached hydrogens (tertiary/aromatic N) is 3. The fraction of sp³-hybridized carbons (Fsp3) is 0.550. The Kier molecular flexibility index (Phi) is 5.85.